The second kappa shape index (κ2) is 7.26. The van der Waals surface area contributed by atoms with Crippen molar-refractivity contribution in [2.75, 3.05) is 20.3 Å². The molecule has 0 aliphatic carbocycles. The zero-order valence-corrected chi connectivity index (χ0v) is 12.2. The second-order valence-corrected chi connectivity index (χ2v) is 4.98. The SMILES string of the molecule is COCC(CCN)NC(=O)c1c(C)cc(C)cc1C. The molecule has 0 bridgehead atoms. The standard InChI is InChI=1S/C15H24N2O2/c1-10-7-11(2)14(12(3)8-10)15(18)17-13(5-6-16)9-19-4/h7-8,13H,5-6,9,16H2,1-4H3,(H,17,18). The summed E-state index contributed by atoms with van der Waals surface area (Å²) in [4.78, 5) is 12.4. The first-order chi connectivity index (χ1) is 8.99. The molecule has 1 unspecified atom stereocenters. The lowest BCUT2D eigenvalue weighted by atomic mass is 9.99. The van der Waals surface area contributed by atoms with Gasteiger partial charge in [-0.05, 0) is 44.9 Å². The van der Waals surface area contributed by atoms with Crippen molar-refractivity contribution in [3.05, 3.63) is 34.4 Å². The number of amides is 1. The van der Waals surface area contributed by atoms with Crippen molar-refractivity contribution in [1.82, 2.24) is 5.32 Å². The van der Waals surface area contributed by atoms with Gasteiger partial charge in [0.15, 0.2) is 0 Å². The van der Waals surface area contributed by atoms with Crippen molar-refractivity contribution in [2.24, 2.45) is 5.73 Å². The molecule has 4 nitrogen and oxygen atoms in total. The van der Waals surface area contributed by atoms with Gasteiger partial charge in [0.2, 0.25) is 0 Å². The lowest BCUT2D eigenvalue weighted by Crippen LogP contribution is -2.40. The van der Waals surface area contributed by atoms with E-state index >= 15 is 0 Å². The minimum Gasteiger partial charge on any atom is -0.383 e. The summed E-state index contributed by atoms with van der Waals surface area (Å²) in [7, 11) is 1.62. The van der Waals surface area contributed by atoms with Crippen molar-refractivity contribution in [3.63, 3.8) is 0 Å². The van der Waals surface area contributed by atoms with E-state index in [-0.39, 0.29) is 11.9 Å². The van der Waals surface area contributed by atoms with E-state index in [4.69, 9.17) is 10.5 Å². The Morgan fingerprint density at radius 3 is 2.37 bits per heavy atom. The molecular weight excluding hydrogens is 240 g/mol. The fraction of sp³-hybridized carbons (Fsp3) is 0.533. The van der Waals surface area contributed by atoms with Crippen LogP contribution in [0.3, 0.4) is 0 Å². The van der Waals surface area contributed by atoms with Crippen LogP contribution in [0, 0.1) is 20.8 Å². The molecule has 1 aromatic rings. The number of ether oxygens (including phenoxy) is 1. The predicted octanol–water partition coefficient (Wildman–Crippen LogP) is 1.71. The van der Waals surface area contributed by atoms with E-state index in [1.807, 2.05) is 32.9 Å². The first-order valence-corrected chi connectivity index (χ1v) is 6.57. The molecule has 106 valence electrons. The minimum absolute atomic E-state index is 0.0393. The molecule has 0 fully saturated rings. The molecule has 0 spiro atoms. The van der Waals surface area contributed by atoms with Gasteiger partial charge in [0, 0.05) is 12.7 Å². The maximum absolute atomic E-state index is 12.4. The summed E-state index contributed by atoms with van der Waals surface area (Å²) in [6.07, 6.45) is 0.712. The molecule has 1 amide bonds. The molecule has 1 aromatic carbocycles. The van der Waals surface area contributed by atoms with Gasteiger partial charge in [-0.3, -0.25) is 4.79 Å². The van der Waals surface area contributed by atoms with Gasteiger partial charge in [-0.25, -0.2) is 0 Å². The summed E-state index contributed by atoms with van der Waals surface area (Å²) in [5.74, 6) is -0.0505. The quantitative estimate of drug-likeness (QED) is 0.822. The fourth-order valence-electron chi connectivity index (χ4n) is 2.40. The van der Waals surface area contributed by atoms with Crippen LogP contribution < -0.4 is 11.1 Å². The zero-order chi connectivity index (χ0) is 14.4. The number of nitrogens with two attached hydrogens (primary N) is 1. The van der Waals surface area contributed by atoms with Crippen LogP contribution in [0.4, 0.5) is 0 Å². The van der Waals surface area contributed by atoms with Crippen molar-refractivity contribution in [1.29, 1.82) is 0 Å². The van der Waals surface area contributed by atoms with Gasteiger partial charge in [-0.15, -0.1) is 0 Å². The number of nitrogens with one attached hydrogen (secondary N) is 1. The first-order valence-electron chi connectivity index (χ1n) is 6.57. The van der Waals surface area contributed by atoms with Crippen LogP contribution >= 0.6 is 0 Å². The highest BCUT2D eigenvalue weighted by molar-refractivity contribution is 5.97. The average molecular weight is 264 g/mol. The number of carbonyl (C=O) groups excluding carboxylic acids is 1. The maximum atomic E-state index is 12.4. The topological polar surface area (TPSA) is 64.3 Å². The van der Waals surface area contributed by atoms with Crippen LogP contribution in [0.15, 0.2) is 12.1 Å². The molecule has 0 saturated heterocycles. The van der Waals surface area contributed by atoms with Gasteiger partial charge in [0.05, 0.1) is 12.6 Å². The molecular formula is C15H24N2O2. The summed E-state index contributed by atoms with van der Waals surface area (Å²) in [5, 5.41) is 2.99. The Balaban J connectivity index is 2.88. The Morgan fingerprint density at radius 1 is 1.32 bits per heavy atom. The van der Waals surface area contributed by atoms with Crippen molar-refractivity contribution < 1.29 is 9.53 Å². The number of hydrogen-bond acceptors (Lipinski definition) is 3. The average Bonchev–Trinajstić information content (AvgIpc) is 2.27. The number of methoxy groups -OCH3 is 1. The third-order valence-corrected chi connectivity index (χ3v) is 3.12. The Bertz CT molecular complexity index is 415. The highest BCUT2D eigenvalue weighted by Crippen LogP contribution is 2.16. The number of benzene rings is 1. The van der Waals surface area contributed by atoms with Crippen molar-refractivity contribution in [3.8, 4) is 0 Å². The third kappa shape index (κ3) is 4.33. The summed E-state index contributed by atoms with van der Waals surface area (Å²) in [5.41, 5.74) is 9.47. The van der Waals surface area contributed by atoms with Crippen molar-refractivity contribution in [2.45, 2.75) is 33.2 Å². The van der Waals surface area contributed by atoms with E-state index in [0.29, 0.717) is 19.6 Å². The molecule has 4 heteroatoms. The van der Waals surface area contributed by atoms with Gasteiger partial charge < -0.3 is 15.8 Å². The fourth-order valence-corrected chi connectivity index (χ4v) is 2.40. The highest BCUT2D eigenvalue weighted by Gasteiger charge is 2.16. The molecule has 19 heavy (non-hydrogen) atoms. The molecule has 0 aliphatic heterocycles. The molecule has 0 aliphatic rings. The van der Waals surface area contributed by atoms with E-state index in [2.05, 4.69) is 5.32 Å². The molecule has 0 aromatic heterocycles. The molecule has 0 radical (unpaired) electrons. The second-order valence-electron chi connectivity index (χ2n) is 4.98. The third-order valence-electron chi connectivity index (χ3n) is 3.12. The van der Waals surface area contributed by atoms with Crippen LogP contribution in [-0.2, 0) is 4.74 Å². The van der Waals surface area contributed by atoms with Gasteiger partial charge >= 0.3 is 0 Å². The molecule has 3 N–H and O–H groups in total. The maximum Gasteiger partial charge on any atom is 0.252 e. The molecule has 0 heterocycles. The summed E-state index contributed by atoms with van der Waals surface area (Å²) in [6, 6.07) is 4.01. The number of carbonyl (C=O) groups is 1. The lowest BCUT2D eigenvalue weighted by molar-refractivity contribution is 0.0892. The first kappa shape index (κ1) is 15.7. The monoisotopic (exact) mass is 264 g/mol. The summed E-state index contributed by atoms with van der Waals surface area (Å²) < 4.78 is 5.10. The normalized spacial score (nSPS) is 12.3. The van der Waals surface area contributed by atoms with Gasteiger partial charge in [-0.2, -0.15) is 0 Å². The van der Waals surface area contributed by atoms with Crippen LogP contribution in [0.25, 0.3) is 0 Å². The van der Waals surface area contributed by atoms with Crippen LogP contribution in [-0.4, -0.2) is 32.2 Å². The van der Waals surface area contributed by atoms with E-state index in [1.54, 1.807) is 7.11 Å². The minimum atomic E-state index is -0.0505. The van der Waals surface area contributed by atoms with Gasteiger partial charge in [-0.1, -0.05) is 17.7 Å². The Morgan fingerprint density at radius 2 is 1.89 bits per heavy atom. The Hall–Kier alpha value is -1.39. The van der Waals surface area contributed by atoms with E-state index in [9.17, 15) is 4.79 Å². The smallest absolute Gasteiger partial charge is 0.252 e. The largest absolute Gasteiger partial charge is 0.383 e. The van der Waals surface area contributed by atoms with E-state index < -0.39 is 0 Å². The van der Waals surface area contributed by atoms with Gasteiger partial charge in [0.1, 0.15) is 0 Å². The molecule has 0 saturated carbocycles. The zero-order valence-electron chi connectivity index (χ0n) is 12.2. The molecule has 1 atom stereocenters. The van der Waals surface area contributed by atoms with E-state index in [0.717, 1.165) is 16.7 Å². The summed E-state index contributed by atoms with van der Waals surface area (Å²) in [6.45, 7) is 6.96. The van der Waals surface area contributed by atoms with Gasteiger partial charge in [0.25, 0.3) is 5.91 Å². The lowest BCUT2D eigenvalue weighted by Gasteiger charge is -2.19. The molecule has 1 rings (SSSR count). The number of aryl methyl sites for hydroxylation is 3. The van der Waals surface area contributed by atoms with Crippen LogP contribution in [0.1, 0.15) is 33.5 Å². The van der Waals surface area contributed by atoms with Crippen molar-refractivity contribution >= 4 is 5.91 Å². The Labute approximate surface area is 115 Å². The number of rotatable bonds is 6. The predicted molar refractivity (Wildman–Crippen MR) is 77.5 cm³/mol. The van der Waals surface area contributed by atoms with E-state index in [1.165, 1.54) is 5.56 Å². The highest BCUT2D eigenvalue weighted by atomic mass is 16.5. The summed E-state index contributed by atoms with van der Waals surface area (Å²) >= 11 is 0. The number of hydrogen-bond donors (Lipinski definition) is 2. The van der Waals surface area contributed by atoms with Crippen LogP contribution in [0.2, 0.25) is 0 Å². The Kier molecular flexibility index (Phi) is 5.99. The van der Waals surface area contributed by atoms with Crippen LogP contribution in [0.5, 0.6) is 0 Å².